The Kier molecular flexibility index (Phi) is 5.20. The van der Waals surface area contributed by atoms with Crippen LogP contribution in [0.2, 0.25) is 0 Å². The van der Waals surface area contributed by atoms with Gasteiger partial charge >= 0.3 is 5.97 Å². The molecule has 8 heteroatoms. The molecule has 0 aliphatic carbocycles. The molecule has 0 saturated carbocycles. The van der Waals surface area contributed by atoms with Crippen molar-refractivity contribution in [1.29, 1.82) is 0 Å². The monoisotopic (exact) mass is 301 g/mol. The molecule has 0 saturated heterocycles. The predicted molar refractivity (Wildman–Crippen MR) is 72.3 cm³/mol. The molecule has 0 aliphatic rings. The van der Waals surface area contributed by atoms with Gasteiger partial charge in [0.2, 0.25) is 0 Å². The zero-order valence-electron chi connectivity index (χ0n) is 10.9. The van der Waals surface area contributed by atoms with Gasteiger partial charge < -0.3 is 5.11 Å². The highest BCUT2D eigenvalue weighted by Crippen LogP contribution is 2.13. The van der Waals surface area contributed by atoms with Crippen molar-refractivity contribution < 1.29 is 23.2 Å². The molecule has 0 spiro atoms. The van der Waals surface area contributed by atoms with Gasteiger partial charge in [0.1, 0.15) is 0 Å². The molecule has 1 aromatic rings. The lowest BCUT2D eigenvalue weighted by atomic mass is 10.1. The number of nitrogens with zero attached hydrogens (tertiary/aromatic N) is 1. The van der Waals surface area contributed by atoms with E-state index in [0.29, 0.717) is 5.56 Å². The topological polar surface area (TPSA) is 115 Å². The standard InChI is InChI=1S/C12H15NO6S/c1-9(12(14)15)8-20(18,19)7-6-10-2-4-11(5-3-10)13(16)17/h2-5,9H,6-8H2,1H3,(H,14,15). The number of rotatable bonds is 7. The predicted octanol–water partition coefficient (Wildman–Crippen LogP) is 1.27. The third-order valence-corrected chi connectivity index (χ3v) is 4.61. The summed E-state index contributed by atoms with van der Waals surface area (Å²) >= 11 is 0. The second-order valence-electron chi connectivity index (χ2n) is 4.53. The molecule has 110 valence electrons. The quantitative estimate of drug-likeness (QED) is 0.599. The fourth-order valence-corrected chi connectivity index (χ4v) is 3.21. The molecular weight excluding hydrogens is 286 g/mol. The van der Waals surface area contributed by atoms with Crippen molar-refractivity contribution in [1.82, 2.24) is 0 Å². The van der Waals surface area contributed by atoms with Gasteiger partial charge in [-0.1, -0.05) is 19.1 Å². The maximum absolute atomic E-state index is 11.7. The molecular formula is C12H15NO6S. The van der Waals surface area contributed by atoms with Crippen LogP contribution in [0.5, 0.6) is 0 Å². The van der Waals surface area contributed by atoms with Gasteiger partial charge in [0.15, 0.2) is 9.84 Å². The molecule has 1 aromatic carbocycles. The summed E-state index contributed by atoms with van der Waals surface area (Å²) in [6, 6.07) is 5.60. The lowest BCUT2D eigenvalue weighted by Crippen LogP contribution is -2.23. The van der Waals surface area contributed by atoms with E-state index in [9.17, 15) is 23.3 Å². The Morgan fingerprint density at radius 3 is 2.35 bits per heavy atom. The Hall–Kier alpha value is -1.96. The van der Waals surface area contributed by atoms with Crippen LogP contribution in [0.15, 0.2) is 24.3 Å². The van der Waals surface area contributed by atoms with Crippen LogP contribution in [0.25, 0.3) is 0 Å². The molecule has 7 nitrogen and oxygen atoms in total. The van der Waals surface area contributed by atoms with Crippen LogP contribution in [0, 0.1) is 16.0 Å². The van der Waals surface area contributed by atoms with Gasteiger partial charge in [-0.05, 0) is 12.0 Å². The first-order valence-corrected chi connectivity index (χ1v) is 7.70. The molecule has 0 bridgehead atoms. The summed E-state index contributed by atoms with van der Waals surface area (Å²) in [4.78, 5) is 20.6. The van der Waals surface area contributed by atoms with Gasteiger partial charge in [-0.3, -0.25) is 14.9 Å². The number of carboxylic acids is 1. The summed E-state index contributed by atoms with van der Waals surface area (Å²) in [7, 11) is -3.47. The van der Waals surface area contributed by atoms with Crippen LogP contribution in [0.4, 0.5) is 5.69 Å². The van der Waals surface area contributed by atoms with Crippen molar-refractivity contribution in [3.05, 3.63) is 39.9 Å². The molecule has 1 atom stereocenters. The minimum absolute atomic E-state index is 0.0592. The summed E-state index contributed by atoms with van der Waals surface area (Å²) in [6.45, 7) is 1.34. The number of carbonyl (C=O) groups is 1. The van der Waals surface area contributed by atoms with E-state index >= 15 is 0 Å². The summed E-state index contributed by atoms with van der Waals surface area (Å²) in [5.74, 6) is -2.68. The average Bonchev–Trinajstić information content (AvgIpc) is 2.36. The van der Waals surface area contributed by atoms with Crippen molar-refractivity contribution in [2.75, 3.05) is 11.5 Å². The van der Waals surface area contributed by atoms with Crippen molar-refractivity contribution in [2.24, 2.45) is 5.92 Å². The van der Waals surface area contributed by atoms with Crippen molar-refractivity contribution in [2.45, 2.75) is 13.3 Å². The smallest absolute Gasteiger partial charge is 0.307 e. The van der Waals surface area contributed by atoms with Crippen LogP contribution < -0.4 is 0 Å². The minimum Gasteiger partial charge on any atom is -0.481 e. The number of aliphatic carboxylic acids is 1. The molecule has 1 N–H and O–H groups in total. The van der Waals surface area contributed by atoms with E-state index in [1.165, 1.54) is 31.2 Å². The molecule has 0 aliphatic heterocycles. The summed E-state index contributed by atoms with van der Waals surface area (Å²) in [6.07, 6.45) is 0.201. The van der Waals surface area contributed by atoms with E-state index in [2.05, 4.69) is 0 Å². The van der Waals surface area contributed by atoms with E-state index in [4.69, 9.17) is 5.11 Å². The zero-order chi connectivity index (χ0) is 15.3. The molecule has 1 unspecified atom stereocenters. The van der Waals surface area contributed by atoms with E-state index in [1.807, 2.05) is 0 Å². The third kappa shape index (κ3) is 4.96. The van der Waals surface area contributed by atoms with E-state index in [1.54, 1.807) is 0 Å². The van der Waals surface area contributed by atoms with E-state index < -0.39 is 32.4 Å². The first kappa shape index (κ1) is 16.1. The van der Waals surface area contributed by atoms with Crippen molar-refractivity contribution in [3.63, 3.8) is 0 Å². The molecule has 0 amide bonds. The molecule has 0 heterocycles. The second kappa shape index (κ2) is 6.47. The average molecular weight is 301 g/mol. The van der Waals surface area contributed by atoms with Gasteiger partial charge in [0.05, 0.1) is 22.3 Å². The van der Waals surface area contributed by atoms with E-state index in [0.717, 1.165) is 0 Å². The lowest BCUT2D eigenvalue weighted by Gasteiger charge is -2.07. The van der Waals surface area contributed by atoms with Gasteiger partial charge in [0.25, 0.3) is 5.69 Å². The van der Waals surface area contributed by atoms with Crippen LogP contribution in [0.1, 0.15) is 12.5 Å². The minimum atomic E-state index is -3.47. The maximum Gasteiger partial charge on any atom is 0.307 e. The summed E-state index contributed by atoms with van der Waals surface area (Å²) in [5.41, 5.74) is 0.596. The summed E-state index contributed by atoms with van der Waals surface area (Å²) in [5, 5.41) is 19.2. The van der Waals surface area contributed by atoms with E-state index in [-0.39, 0.29) is 17.9 Å². The van der Waals surface area contributed by atoms with Crippen molar-refractivity contribution >= 4 is 21.5 Å². The second-order valence-corrected chi connectivity index (χ2v) is 6.76. The fourth-order valence-electron chi connectivity index (χ4n) is 1.59. The normalized spacial score (nSPS) is 12.8. The first-order chi connectivity index (χ1) is 9.21. The van der Waals surface area contributed by atoms with Gasteiger partial charge in [-0.15, -0.1) is 0 Å². The molecule has 0 radical (unpaired) electrons. The Labute approximate surface area is 116 Å². The summed E-state index contributed by atoms with van der Waals surface area (Å²) < 4.78 is 23.4. The lowest BCUT2D eigenvalue weighted by molar-refractivity contribution is -0.384. The Morgan fingerprint density at radius 1 is 1.35 bits per heavy atom. The molecule has 20 heavy (non-hydrogen) atoms. The number of nitro benzene ring substituents is 1. The van der Waals surface area contributed by atoms with Crippen molar-refractivity contribution in [3.8, 4) is 0 Å². The van der Waals surface area contributed by atoms with Crippen LogP contribution >= 0.6 is 0 Å². The Morgan fingerprint density at radius 2 is 1.90 bits per heavy atom. The number of sulfone groups is 1. The number of hydrogen-bond acceptors (Lipinski definition) is 5. The molecule has 1 rings (SSSR count). The number of benzene rings is 1. The van der Waals surface area contributed by atoms with Crippen LogP contribution in [-0.2, 0) is 21.1 Å². The van der Waals surface area contributed by atoms with Gasteiger partial charge in [0, 0.05) is 12.1 Å². The highest BCUT2D eigenvalue weighted by Gasteiger charge is 2.20. The highest BCUT2D eigenvalue weighted by molar-refractivity contribution is 7.91. The maximum atomic E-state index is 11.7. The van der Waals surface area contributed by atoms with Crippen LogP contribution in [0.3, 0.4) is 0 Å². The molecule has 0 aromatic heterocycles. The first-order valence-electron chi connectivity index (χ1n) is 5.88. The number of carboxylic acid groups (broad SMARTS) is 1. The van der Waals surface area contributed by atoms with Gasteiger partial charge in [-0.2, -0.15) is 0 Å². The van der Waals surface area contributed by atoms with Gasteiger partial charge in [-0.25, -0.2) is 8.42 Å². The fraction of sp³-hybridized carbons (Fsp3) is 0.417. The number of nitro groups is 1. The largest absolute Gasteiger partial charge is 0.481 e. The zero-order valence-corrected chi connectivity index (χ0v) is 11.7. The number of aryl methyl sites for hydroxylation is 1. The highest BCUT2D eigenvalue weighted by atomic mass is 32.2. The number of hydrogen-bond donors (Lipinski definition) is 1. The number of non-ortho nitro benzene ring substituents is 1. The van der Waals surface area contributed by atoms with Crippen LogP contribution in [-0.4, -0.2) is 35.9 Å². The SMILES string of the molecule is CC(CS(=O)(=O)CCc1ccc([N+](=O)[O-])cc1)C(=O)O. The third-order valence-electron chi connectivity index (χ3n) is 2.77. The Bertz CT molecular complexity index is 593. The molecule has 0 fully saturated rings. The Balaban J connectivity index is 2.62.